The van der Waals surface area contributed by atoms with Gasteiger partial charge in [0.2, 0.25) is 0 Å². The van der Waals surface area contributed by atoms with Crippen molar-refractivity contribution in [2.75, 3.05) is 6.61 Å². The van der Waals surface area contributed by atoms with Crippen LogP contribution in [-0.2, 0) is 4.43 Å². The van der Waals surface area contributed by atoms with E-state index in [9.17, 15) is 0 Å². The lowest BCUT2D eigenvalue weighted by Gasteiger charge is -2.26. The number of benzene rings is 1. The maximum absolute atomic E-state index is 6.16. The molecule has 1 aromatic rings. The molecule has 1 rings (SSSR count). The first-order valence-corrected chi connectivity index (χ1v) is 9.70. The zero-order valence-electron chi connectivity index (χ0n) is 12.3. The van der Waals surface area contributed by atoms with E-state index in [2.05, 4.69) is 46.0 Å². The quantitative estimate of drug-likeness (QED) is 0.526. The van der Waals surface area contributed by atoms with Gasteiger partial charge in [0.05, 0.1) is 0 Å². The van der Waals surface area contributed by atoms with Crippen molar-refractivity contribution in [3.05, 3.63) is 29.8 Å². The lowest BCUT2D eigenvalue weighted by atomic mass is 10.0. The molecule has 0 bridgehead atoms. The summed E-state index contributed by atoms with van der Waals surface area (Å²) in [6, 6.07) is 8.27. The number of para-hydroxylation sites is 1. The molecule has 0 atom stereocenters. The SMILES string of the molecule is CCCCO[Si](C)(C)Oc1ccccc1C(C)C. The van der Waals surface area contributed by atoms with Crippen molar-refractivity contribution in [2.24, 2.45) is 0 Å². The zero-order valence-corrected chi connectivity index (χ0v) is 13.3. The third kappa shape index (κ3) is 4.82. The first kappa shape index (κ1) is 15.3. The molecular formula is C15H26O2Si. The van der Waals surface area contributed by atoms with Crippen molar-refractivity contribution >= 4 is 8.56 Å². The average molecular weight is 266 g/mol. The summed E-state index contributed by atoms with van der Waals surface area (Å²) in [5.74, 6) is 1.46. The summed E-state index contributed by atoms with van der Waals surface area (Å²) >= 11 is 0. The third-order valence-corrected chi connectivity index (χ3v) is 4.46. The maximum Gasteiger partial charge on any atom is 0.392 e. The normalized spacial score (nSPS) is 11.9. The lowest BCUT2D eigenvalue weighted by Crippen LogP contribution is -2.39. The summed E-state index contributed by atoms with van der Waals surface area (Å²) in [6.45, 7) is 11.6. The van der Waals surface area contributed by atoms with Crippen LogP contribution in [0.25, 0.3) is 0 Å². The molecule has 0 aliphatic rings. The Morgan fingerprint density at radius 1 is 1.17 bits per heavy atom. The van der Waals surface area contributed by atoms with Gasteiger partial charge < -0.3 is 8.85 Å². The Morgan fingerprint density at radius 2 is 1.83 bits per heavy atom. The highest BCUT2D eigenvalue weighted by Crippen LogP contribution is 2.28. The highest BCUT2D eigenvalue weighted by molar-refractivity contribution is 6.65. The van der Waals surface area contributed by atoms with E-state index in [1.165, 1.54) is 5.56 Å². The third-order valence-electron chi connectivity index (χ3n) is 2.84. The predicted molar refractivity (Wildman–Crippen MR) is 79.5 cm³/mol. The molecule has 3 heteroatoms. The van der Waals surface area contributed by atoms with Gasteiger partial charge in [0.15, 0.2) is 0 Å². The van der Waals surface area contributed by atoms with Crippen LogP contribution in [0.2, 0.25) is 13.1 Å². The van der Waals surface area contributed by atoms with Gasteiger partial charge >= 0.3 is 8.56 Å². The second-order valence-corrected chi connectivity index (χ2v) is 8.69. The van der Waals surface area contributed by atoms with E-state index in [0.29, 0.717) is 5.92 Å². The van der Waals surface area contributed by atoms with Crippen LogP contribution in [0.4, 0.5) is 0 Å². The Hall–Kier alpha value is -0.803. The summed E-state index contributed by atoms with van der Waals surface area (Å²) in [4.78, 5) is 0. The standard InChI is InChI=1S/C15H26O2Si/c1-6-7-12-16-18(4,5)17-15-11-9-8-10-14(15)13(2)3/h8-11,13H,6-7,12H2,1-5H3. The van der Waals surface area contributed by atoms with E-state index < -0.39 is 8.56 Å². The monoisotopic (exact) mass is 266 g/mol. The van der Waals surface area contributed by atoms with Crippen molar-refractivity contribution in [3.63, 3.8) is 0 Å². The fraction of sp³-hybridized carbons (Fsp3) is 0.600. The van der Waals surface area contributed by atoms with Gasteiger partial charge in [0, 0.05) is 6.61 Å². The molecule has 0 aliphatic heterocycles. The van der Waals surface area contributed by atoms with Gasteiger partial charge in [-0.25, -0.2) is 0 Å². The Balaban J connectivity index is 2.71. The summed E-state index contributed by atoms with van der Waals surface area (Å²) in [5.41, 5.74) is 1.26. The van der Waals surface area contributed by atoms with Crippen molar-refractivity contribution in [1.82, 2.24) is 0 Å². The molecule has 1 aromatic carbocycles. The van der Waals surface area contributed by atoms with Gasteiger partial charge in [-0.3, -0.25) is 0 Å². The minimum absolute atomic E-state index is 0.474. The van der Waals surface area contributed by atoms with Gasteiger partial charge in [0.25, 0.3) is 0 Å². The van der Waals surface area contributed by atoms with Gasteiger partial charge in [-0.1, -0.05) is 45.4 Å². The van der Waals surface area contributed by atoms with Crippen LogP contribution in [0, 0.1) is 0 Å². The van der Waals surface area contributed by atoms with Crippen molar-refractivity contribution in [3.8, 4) is 5.75 Å². The second-order valence-electron chi connectivity index (χ2n) is 5.40. The van der Waals surface area contributed by atoms with E-state index in [1.807, 2.05) is 12.1 Å². The fourth-order valence-electron chi connectivity index (χ4n) is 1.81. The zero-order chi connectivity index (χ0) is 13.6. The van der Waals surface area contributed by atoms with Gasteiger partial charge in [-0.05, 0) is 37.1 Å². The second kappa shape index (κ2) is 6.95. The Kier molecular flexibility index (Phi) is 5.89. The number of hydrogen-bond acceptors (Lipinski definition) is 2. The molecule has 0 heterocycles. The van der Waals surface area contributed by atoms with Crippen molar-refractivity contribution < 1.29 is 8.85 Å². The molecule has 102 valence electrons. The van der Waals surface area contributed by atoms with Crippen LogP contribution in [-0.4, -0.2) is 15.2 Å². The summed E-state index contributed by atoms with van der Waals surface area (Å²) in [6.07, 6.45) is 2.26. The average Bonchev–Trinajstić information content (AvgIpc) is 2.29. The van der Waals surface area contributed by atoms with E-state index in [1.54, 1.807) is 0 Å². The minimum Gasteiger partial charge on any atom is -0.520 e. The molecule has 18 heavy (non-hydrogen) atoms. The molecule has 0 aliphatic carbocycles. The van der Waals surface area contributed by atoms with E-state index >= 15 is 0 Å². The topological polar surface area (TPSA) is 18.5 Å². The smallest absolute Gasteiger partial charge is 0.392 e. The predicted octanol–water partition coefficient (Wildman–Crippen LogP) is 4.71. The highest BCUT2D eigenvalue weighted by atomic mass is 28.4. The van der Waals surface area contributed by atoms with Gasteiger partial charge in [0.1, 0.15) is 5.75 Å². The number of unbranched alkanes of at least 4 members (excludes halogenated alkanes) is 1. The Bertz CT molecular complexity index is 361. The lowest BCUT2D eigenvalue weighted by molar-refractivity contribution is 0.242. The van der Waals surface area contributed by atoms with Gasteiger partial charge in [-0.15, -0.1) is 0 Å². The van der Waals surface area contributed by atoms with Crippen molar-refractivity contribution in [1.29, 1.82) is 0 Å². The van der Waals surface area contributed by atoms with Crippen LogP contribution < -0.4 is 4.43 Å². The Labute approximate surface area is 113 Å². The number of hydrogen-bond donors (Lipinski definition) is 0. The molecule has 0 unspecified atom stereocenters. The van der Waals surface area contributed by atoms with Crippen LogP contribution in [0.1, 0.15) is 45.1 Å². The Morgan fingerprint density at radius 3 is 2.44 bits per heavy atom. The summed E-state index contributed by atoms with van der Waals surface area (Å²) in [5, 5.41) is 0. The molecule has 0 amide bonds. The van der Waals surface area contributed by atoms with Gasteiger partial charge in [-0.2, -0.15) is 0 Å². The number of rotatable bonds is 7. The molecule has 0 spiro atoms. The van der Waals surface area contributed by atoms with Crippen LogP contribution >= 0.6 is 0 Å². The summed E-state index contributed by atoms with van der Waals surface area (Å²) in [7, 11) is -2.06. The molecule has 0 fully saturated rings. The summed E-state index contributed by atoms with van der Waals surface area (Å²) < 4.78 is 12.1. The molecule has 0 aromatic heterocycles. The maximum atomic E-state index is 6.16. The first-order valence-electron chi connectivity index (χ1n) is 6.88. The molecule has 2 nitrogen and oxygen atoms in total. The van der Waals surface area contributed by atoms with Crippen LogP contribution in [0.5, 0.6) is 5.75 Å². The highest BCUT2D eigenvalue weighted by Gasteiger charge is 2.27. The molecule has 0 saturated heterocycles. The van der Waals surface area contributed by atoms with E-state index in [-0.39, 0.29) is 0 Å². The van der Waals surface area contributed by atoms with Crippen molar-refractivity contribution in [2.45, 2.75) is 52.6 Å². The molecule has 0 N–H and O–H groups in total. The first-order chi connectivity index (χ1) is 8.46. The van der Waals surface area contributed by atoms with E-state index in [4.69, 9.17) is 8.85 Å². The molecule has 0 radical (unpaired) electrons. The molecular weight excluding hydrogens is 240 g/mol. The fourth-order valence-corrected chi connectivity index (χ4v) is 3.22. The van der Waals surface area contributed by atoms with Crippen LogP contribution in [0.15, 0.2) is 24.3 Å². The van der Waals surface area contributed by atoms with E-state index in [0.717, 1.165) is 25.2 Å². The van der Waals surface area contributed by atoms with Crippen LogP contribution in [0.3, 0.4) is 0 Å². The minimum atomic E-state index is -2.06. The molecule has 0 saturated carbocycles. The largest absolute Gasteiger partial charge is 0.520 e.